The summed E-state index contributed by atoms with van der Waals surface area (Å²) >= 11 is 5.84. The van der Waals surface area contributed by atoms with E-state index >= 15 is 0 Å². The van der Waals surface area contributed by atoms with Gasteiger partial charge in [-0.2, -0.15) is 0 Å². The van der Waals surface area contributed by atoms with Gasteiger partial charge in [0.2, 0.25) is 11.6 Å². The Labute approximate surface area is 109 Å². The maximum Gasteiger partial charge on any atom is 0.248 e. The van der Waals surface area contributed by atoms with Gasteiger partial charge in [-0.25, -0.2) is 0 Å². The molecule has 1 aromatic heterocycles. The zero-order chi connectivity index (χ0) is 13.1. The van der Waals surface area contributed by atoms with Crippen molar-refractivity contribution in [3.63, 3.8) is 0 Å². The van der Waals surface area contributed by atoms with Crippen LogP contribution in [0.2, 0.25) is 0 Å². The number of aromatic nitrogens is 1. The third-order valence-corrected chi connectivity index (χ3v) is 2.71. The van der Waals surface area contributed by atoms with E-state index in [9.17, 15) is 9.59 Å². The maximum absolute atomic E-state index is 12.0. The molecule has 5 heteroatoms. The lowest BCUT2D eigenvalue weighted by Crippen LogP contribution is -2.23. The number of nitrogens with zero attached hydrogens (tertiary/aromatic N) is 1. The van der Waals surface area contributed by atoms with Crippen LogP contribution in [0.5, 0.6) is 0 Å². The van der Waals surface area contributed by atoms with E-state index in [1.165, 1.54) is 12.3 Å². The molecule has 1 heterocycles. The first-order valence-electron chi connectivity index (χ1n) is 5.17. The predicted molar refractivity (Wildman–Crippen MR) is 65.2 cm³/mol. The molecular weight excluding hydrogens is 254 g/mol. The molecule has 0 spiro atoms. The van der Waals surface area contributed by atoms with E-state index in [0.29, 0.717) is 6.42 Å². The molecule has 1 aliphatic carbocycles. The van der Waals surface area contributed by atoms with Crippen LogP contribution in [-0.2, 0) is 4.74 Å². The fourth-order valence-corrected chi connectivity index (χ4v) is 1.78. The molecule has 0 aromatic carbocycles. The molecule has 0 saturated carbocycles. The Bertz CT molecular complexity index is 598. The van der Waals surface area contributed by atoms with E-state index in [-0.39, 0.29) is 28.7 Å². The molecule has 1 aromatic rings. The van der Waals surface area contributed by atoms with Crippen LogP contribution in [0.1, 0.15) is 27.3 Å². The molecule has 0 N–H and O–H groups in total. The third-order valence-electron chi connectivity index (χ3n) is 2.37. The van der Waals surface area contributed by atoms with Crippen molar-refractivity contribution in [2.45, 2.75) is 6.42 Å². The van der Waals surface area contributed by atoms with Gasteiger partial charge in [-0.1, -0.05) is 11.6 Å². The zero-order valence-electron chi connectivity index (χ0n) is 9.27. The second-order valence-electron chi connectivity index (χ2n) is 3.50. The number of fused-ring (bicyclic) bond motifs is 1. The van der Waals surface area contributed by atoms with Crippen LogP contribution in [0.3, 0.4) is 0 Å². The summed E-state index contributed by atoms with van der Waals surface area (Å²) in [5.74, 6) is 1.23. The number of ether oxygens (including phenoxy) is 1. The minimum atomic E-state index is -0.493. The Morgan fingerprint density at radius 2 is 2.17 bits per heavy atom. The Hall–Kier alpha value is -2.12. The van der Waals surface area contributed by atoms with Gasteiger partial charge in [-0.15, -0.1) is 12.3 Å². The lowest BCUT2D eigenvalue weighted by Gasteiger charge is -2.16. The zero-order valence-corrected chi connectivity index (χ0v) is 10.0. The monoisotopic (exact) mass is 261 g/mol. The molecule has 0 bridgehead atoms. The smallest absolute Gasteiger partial charge is 0.248 e. The quantitative estimate of drug-likeness (QED) is 0.616. The fourth-order valence-electron chi connectivity index (χ4n) is 1.54. The first-order chi connectivity index (χ1) is 8.66. The normalized spacial score (nSPS) is 14.2. The number of terminal acetylenes is 1. The van der Waals surface area contributed by atoms with Crippen LogP contribution < -0.4 is 0 Å². The molecule has 4 nitrogen and oxygen atoms in total. The Balaban J connectivity index is 2.38. The highest BCUT2D eigenvalue weighted by atomic mass is 35.5. The summed E-state index contributed by atoms with van der Waals surface area (Å²) < 4.78 is 5.17. The van der Waals surface area contributed by atoms with Crippen molar-refractivity contribution in [1.29, 1.82) is 0 Å². The lowest BCUT2D eigenvalue weighted by molar-refractivity contribution is 0.0877. The van der Waals surface area contributed by atoms with Gasteiger partial charge in [0.1, 0.15) is 10.7 Å². The average molecular weight is 262 g/mol. The van der Waals surface area contributed by atoms with Gasteiger partial charge in [0, 0.05) is 12.6 Å². The van der Waals surface area contributed by atoms with E-state index in [1.807, 2.05) is 0 Å². The lowest BCUT2D eigenvalue weighted by atomic mass is 9.98. The average Bonchev–Trinajstić information content (AvgIpc) is 2.40. The Morgan fingerprint density at radius 3 is 2.89 bits per heavy atom. The van der Waals surface area contributed by atoms with Crippen molar-refractivity contribution in [1.82, 2.24) is 4.98 Å². The van der Waals surface area contributed by atoms with E-state index < -0.39 is 11.6 Å². The Kier molecular flexibility index (Phi) is 3.45. The van der Waals surface area contributed by atoms with Crippen LogP contribution in [0, 0.1) is 12.3 Å². The number of ketones is 2. The van der Waals surface area contributed by atoms with Crippen LogP contribution in [0.4, 0.5) is 0 Å². The van der Waals surface area contributed by atoms with E-state index in [2.05, 4.69) is 10.9 Å². The summed E-state index contributed by atoms with van der Waals surface area (Å²) in [6.45, 7) is 0.128. The van der Waals surface area contributed by atoms with E-state index in [4.69, 9.17) is 22.8 Å². The Morgan fingerprint density at radius 1 is 1.39 bits per heavy atom. The van der Waals surface area contributed by atoms with Gasteiger partial charge < -0.3 is 4.74 Å². The topological polar surface area (TPSA) is 56.3 Å². The number of carbonyl (C=O) groups is 2. The maximum atomic E-state index is 12.0. The number of rotatable bonds is 3. The molecular formula is C13H8ClNO3. The summed E-state index contributed by atoms with van der Waals surface area (Å²) in [5, 5.41) is -0.225. The highest BCUT2D eigenvalue weighted by Crippen LogP contribution is 2.27. The second-order valence-corrected chi connectivity index (χ2v) is 3.88. The van der Waals surface area contributed by atoms with Gasteiger partial charge in [0.15, 0.2) is 5.76 Å². The molecule has 0 aliphatic heterocycles. The number of hydrogen-bond donors (Lipinski definition) is 0. The first kappa shape index (κ1) is 12.3. The summed E-state index contributed by atoms with van der Waals surface area (Å²) in [7, 11) is 0. The molecule has 2 rings (SSSR count). The van der Waals surface area contributed by atoms with Crippen molar-refractivity contribution >= 4 is 23.2 Å². The van der Waals surface area contributed by atoms with Crippen molar-refractivity contribution in [2.75, 3.05) is 6.61 Å². The van der Waals surface area contributed by atoms with Crippen LogP contribution in [0.15, 0.2) is 29.1 Å². The predicted octanol–water partition coefficient (Wildman–Crippen LogP) is 1.95. The van der Waals surface area contributed by atoms with Crippen LogP contribution in [-0.4, -0.2) is 23.2 Å². The highest BCUT2D eigenvalue weighted by Gasteiger charge is 2.33. The van der Waals surface area contributed by atoms with Gasteiger partial charge >= 0.3 is 0 Å². The summed E-state index contributed by atoms with van der Waals surface area (Å²) in [5.41, 5.74) is 0.249. The second kappa shape index (κ2) is 5.03. The number of carbonyl (C=O) groups excluding carboxylic acids is 2. The molecule has 0 radical (unpaired) electrons. The van der Waals surface area contributed by atoms with Crippen molar-refractivity contribution in [3.05, 3.63) is 40.4 Å². The standard InChI is InChI=1S/C13H8ClNO3/c1-2-3-7-18-13-9(14)11(16)8-5-4-6-15-10(8)12(13)17/h1,4-6H,3,7H2. The molecule has 90 valence electrons. The van der Waals surface area contributed by atoms with Crippen LogP contribution >= 0.6 is 11.6 Å². The van der Waals surface area contributed by atoms with Gasteiger partial charge in [-0.05, 0) is 12.1 Å². The molecule has 0 saturated heterocycles. The number of Topliss-reactive ketones (excluding diaryl/α,β-unsaturated/α-hetero) is 2. The highest BCUT2D eigenvalue weighted by molar-refractivity contribution is 6.49. The minimum absolute atomic E-state index is 0.0580. The molecule has 18 heavy (non-hydrogen) atoms. The van der Waals surface area contributed by atoms with Gasteiger partial charge in [0.05, 0.1) is 12.2 Å². The molecule has 0 atom stereocenters. The van der Waals surface area contributed by atoms with Crippen molar-refractivity contribution < 1.29 is 14.3 Å². The molecule has 0 unspecified atom stereocenters. The molecule has 0 fully saturated rings. The van der Waals surface area contributed by atoms with E-state index in [1.54, 1.807) is 6.07 Å². The molecule has 1 aliphatic rings. The van der Waals surface area contributed by atoms with Gasteiger partial charge in [-0.3, -0.25) is 14.6 Å². The van der Waals surface area contributed by atoms with E-state index in [0.717, 1.165) is 0 Å². The molecule has 0 amide bonds. The summed E-state index contributed by atoms with van der Waals surface area (Å²) in [6, 6.07) is 3.07. The largest absolute Gasteiger partial charge is 0.487 e. The fraction of sp³-hybridized carbons (Fsp3) is 0.154. The number of halogens is 1. The first-order valence-corrected chi connectivity index (χ1v) is 5.55. The van der Waals surface area contributed by atoms with Gasteiger partial charge in [0.25, 0.3) is 0 Å². The minimum Gasteiger partial charge on any atom is -0.487 e. The third kappa shape index (κ3) is 2.01. The summed E-state index contributed by atoms with van der Waals surface area (Å²) in [4.78, 5) is 27.8. The number of allylic oxidation sites excluding steroid dienone is 2. The van der Waals surface area contributed by atoms with Crippen molar-refractivity contribution in [2.24, 2.45) is 0 Å². The number of pyridine rings is 1. The van der Waals surface area contributed by atoms with Crippen molar-refractivity contribution in [3.8, 4) is 12.3 Å². The summed E-state index contributed by atoms with van der Waals surface area (Å²) in [6.07, 6.45) is 6.83. The number of hydrogen-bond acceptors (Lipinski definition) is 4. The SMILES string of the molecule is C#CCCOC1=C(Cl)C(=O)c2cccnc2C1=O. The van der Waals surface area contributed by atoms with Crippen LogP contribution in [0.25, 0.3) is 0 Å².